The maximum absolute atomic E-state index is 12.7. The van der Waals surface area contributed by atoms with Crippen LogP contribution in [0, 0.1) is 11.3 Å². The average molecular weight is 367 g/mol. The number of Topliss-reactive ketones (excluding diaryl/α,β-unsaturated/α-hetero) is 1. The number of hydrogen-bond acceptors (Lipinski definition) is 5. The fourth-order valence-corrected chi connectivity index (χ4v) is 5.15. The minimum atomic E-state index is 0.0708. The number of aromatic amines is 1. The molecule has 1 saturated heterocycles. The average Bonchev–Trinajstić information content (AvgIpc) is 3.08. The summed E-state index contributed by atoms with van der Waals surface area (Å²) in [5.41, 5.74) is 1.16. The lowest BCUT2D eigenvalue weighted by atomic mass is 9.60. The van der Waals surface area contributed by atoms with E-state index in [1.165, 1.54) is 0 Å². The molecule has 2 aromatic rings. The van der Waals surface area contributed by atoms with Crippen LogP contribution in [0.25, 0.3) is 11.0 Å². The van der Waals surface area contributed by atoms with Crippen LogP contribution in [0.3, 0.4) is 0 Å². The highest BCUT2D eigenvalue weighted by molar-refractivity contribution is 5.87. The molecule has 1 aliphatic heterocycles. The van der Waals surface area contributed by atoms with E-state index in [0.29, 0.717) is 30.1 Å². The Kier molecular flexibility index (Phi) is 3.74. The number of ketones is 1. The van der Waals surface area contributed by atoms with Gasteiger partial charge in [-0.15, -0.1) is 0 Å². The van der Waals surface area contributed by atoms with Crippen LogP contribution in [0.1, 0.15) is 38.5 Å². The van der Waals surface area contributed by atoms with Crippen molar-refractivity contribution in [1.82, 2.24) is 19.9 Å². The molecule has 0 radical (unpaired) electrons. The zero-order chi connectivity index (χ0) is 18.6. The number of fused-ring (bicyclic) bond motifs is 1. The number of amides is 1. The van der Waals surface area contributed by atoms with Gasteiger partial charge in [-0.1, -0.05) is 0 Å². The van der Waals surface area contributed by atoms with E-state index >= 15 is 0 Å². The predicted octanol–water partition coefficient (Wildman–Crippen LogP) is 2.14. The van der Waals surface area contributed by atoms with E-state index in [0.717, 1.165) is 55.6 Å². The number of likely N-dealkylation sites (tertiary alicyclic amines) is 1. The third kappa shape index (κ3) is 2.71. The molecule has 142 valence electrons. The van der Waals surface area contributed by atoms with E-state index in [9.17, 15) is 9.59 Å². The van der Waals surface area contributed by atoms with Crippen molar-refractivity contribution in [3.63, 3.8) is 0 Å². The Morgan fingerprint density at radius 1 is 1.26 bits per heavy atom. The van der Waals surface area contributed by atoms with Crippen LogP contribution in [0.5, 0.6) is 0 Å². The molecule has 3 heterocycles. The Morgan fingerprint density at radius 2 is 2.00 bits per heavy atom. The van der Waals surface area contributed by atoms with Crippen LogP contribution in [0.2, 0.25) is 0 Å². The lowest BCUT2D eigenvalue weighted by Gasteiger charge is -2.61. The molecule has 0 bridgehead atoms. The molecule has 0 atom stereocenters. The summed E-state index contributed by atoms with van der Waals surface area (Å²) in [7, 11) is 2.10. The summed E-state index contributed by atoms with van der Waals surface area (Å²) < 4.78 is 0. The third-order valence-electron chi connectivity index (χ3n) is 6.81. The zero-order valence-electron chi connectivity index (χ0n) is 15.6. The van der Waals surface area contributed by atoms with Crippen molar-refractivity contribution in [3.8, 4) is 0 Å². The first-order chi connectivity index (χ1) is 13.0. The van der Waals surface area contributed by atoms with Gasteiger partial charge in [-0.2, -0.15) is 0 Å². The number of H-pyrrole nitrogens is 1. The second-order valence-electron chi connectivity index (χ2n) is 8.62. The summed E-state index contributed by atoms with van der Waals surface area (Å²) in [5, 5.41) is 1.05. The SMILES string of the molecule is CN(c1ncnc2[nH]ccc12)C1CC2(C1)CN(C(=O)C1CCC(=O)CC1)C2. The fraction of sp³-hybridized carbons (Fsp3) is 0.600. The van der Waals surface area contributed by atoms with Gasteiger partial charge in [-0.3, -0.25) is 9.59 Å². The van der Waals surface area contributed by atoms with E-state index in [-0.39, 0.29) is 11.8 Å². The van der Waals surface area contributed by atoms with Crippen LogP contribution >= 0.6 is 0 Å². The van der Waals surface area contributed by atoms with Crippen LogP contribution in [-0.2, 0) is 9.59 Å². The quantitative estimate of drug-likeness (QED) is 0.899. The van der Waals surface area contributed by atoms with Crippen LogP contribution in [-0.4, -0.2) is 57.7 Å². The summed E-state index contributed by atoms with van der Waals surface area (Å²) in [6.07, 6.45) is 8.35. The molecule has 0 unspecified atom stereocenters. The molecule has 7 heteroatoms. The van der Waals surface area contributed by atoms with Crippen molar-refractivity contribution < 1.29 is 9.59 Å². The highest BCUT2D eigenvalue weighted by atomic mass is 16.2. The van der Waals surface area contributed by atoms with Gasteiger partial charge in [0.25, 0.3) is 0 Å². The number of rotatable bonds is 3. The normalized spacial score (nSPS) is 22.7. The predicted molar refractivity (Wildman–Crippen MR) is 101 cm³/mol. The molecular weight excluding hydrogens is 342 g/mol. The molecule has 1 N–H and O–H groups in total. The molecule has 1 spiro atoms. The van der Waals surface area contributed by atoms with E-state index in [1.54, 1.807) is 6.33 Å². The van der Waals surface area contributed by atoms with Crippen molar-refractivity contribution >= 4 is 28.5 Å². The van der Waals surface area contributed by atoms with Gasteiger partial charge in [-0.05, 0) is 31.7 Å². The van der Waals surface area contributed by atoms with Crippen LogP contribution in [0.4, 0.5) is 5.82 Å². The van der Waals surface area contributed by atoms with E-state index in [1.807, 2.05) is 17.2 Å². The minimum Gasteiger partial charge on any atom is -0.356 e. The molecule has 7 nitrogen and oxygen atoms in total. The second kappa shape index (κ2) is 6.04. The van der Waals surface area contributed by atoms with E-state index in [2.05, 4.69) is 26.9 Å². The van der Waals surface area contributed by atoms with Crippen LogP contribution < -0.4 is 4.90 Å². The molecule has 2 aliphatic carbocycles. The largest absolute Gasteiger partial charge is 0.356 e. The Morgan fingerprint density at radius 3 is 2.74 bits per heavy atom. The smallest absolute Gasteiger partial charge is 0.225 e. The van der Waals surface area contributed by atoms with Gasteiger partial charge in [0, 0.05) is 56.6 Å². The summed E-state index contributed by atoms with van der Waals surface area (Å²) >= 11 is 0. The van der Waals surface area contributed by atoms with Gasteiger partial charge in [0.1, 0.15) is 23.6 Å². The second-order valence-corrected chi connectivity index (χ2v) is 8.62. The number of aromatic nitrogens is 3. The van der Waals surface area contributed by atoms with Gasteiger partial charge in [-0.25, -0.2) is 9.97 Å². The molecule has 3 aliphatic rings. The van der Waals surface area contributed by atoms with Crippen molar-refractivity contribution in [3.05, 3.63) is 18.6 Å². The Bertz CT molecular complexity index is 883. The lowest BCUT2D eigenvalue weighted by Crippen LogP contribution is -2.68. The number of nitrogens with one attached hydrogen (secondary N) is 1. The third-order valence-corrected chi connectivity index (χ3v) is 6.81. The Hall–Kier alpha value is -2.44. The molecule has 27 heavy (non-hydrogen) atoms. The summed E-state index contributed by atoms with van der Waals surface area (Å²) in [6, 6.07) is 2.48. The number of anilines is 1. The van der Waals surface area contributed by atoms with Crippen LogP contribution in [0.15, 0.2) is 18.6 Å². The highest BCUT2D eigenvalue weighted by Crippen LogP contribution is 2.51. The van der Waals surface area contributed by atoms with Crippen molar-refractivity contribution in [1.29, 1.82) is 0 Å². The fourth-order valence-electron chi connectivity index (χ4n) is 5.15. The topological polar surface area (TPSA) is 82.2 Å². The van der Waals surface area contributed by atoms with Gasteiger partial charge in [0.05, 0.1) is 5.39 Å². The first-order valence-corrected chi connectivity index (χ1v) is 9.86. The summed E-state index contributed by atoms with van der Waals surface area (Å²) in [5.74, 6) is 1.63. The highest BCUT2D eigenvalue weighted by Gasteiger charge is 2.55. The Labute approximate surface area is 158 Å². The zero-order valence-corrected chi connectivity index (χ0v) is 15.6. The molecule has 1 amide bonds. The molecule has 2 aromatic heterocycles. The maximum atomic E-state index is 12.7. The molecular formula is C20H25N5O2. The minimum absolute atomic E-state index is 0.0708. The van der Waals surface area contributed by atoms with Crippen molar-refractivity contribution in [2.75, 3.05) is 25.0 Å². The Balaban J connectivity index is 1.18. The number of hydrogen-bond donors (Lipinski definition) is 1. The maximum Gasteiger partial charge on any atom is 0.225 e. The van der Waals surface area contributed by atoms with E-state index in [4.69, 9.17) is 0 Å². The standard InChI is InChI=1S/C20H25N5O2/c1-24(18-16-6-7-21-17(16)22-12-23-18)14-8-20(9-14)10-25(11-20)19(27)13-2-4-15(26)5-3-13/h6-7,12-14H,2-5,8-11H2,1H3,(H,21,22,23). The molecule has 5 rings (SSSR count). The molecule has 3 fully saturated rings. The number of carbonyl (C=O) groups is 2. The van der Waals surface area contributed by atoms with E-state index < -0.39 is 0 Å². The number of nitrogens with zero attached hydrogens (tertiary/aromatic N) is 4. The lowest BCUT2D eigenvalue weighted by molar-refractivity contribution is -0.156. The monoisotopic (exact) mass is 367 g/mol. The molecule has 2 saturated carbocycles. The van der Waals surface area contributed by atoms with Crippen molar-refractivity contribution in [2.24, 2.45) is 11.3 Å². The van der Waals surface area contributed by atoms with Gasteiger partial charge in [0.2, 0.25) is 5.91 Å². The first kappa shape index (κ1) is 16.7. The van der Waals surface area contributed by atoms with Gasteiger partial charge in [0.15, 0.2) is 0 Å². The first-order valence-electron chi connectivity index (χ1n) is 9.86. The number of carbonyl (C=O) groups excluding carboxylic acids is 2. The van der Waals surface area contributed by atoms with Gasteiger partial charge < -0.3 is 14.8 Å². The molecule has 0 aromatic carbocycles. The summed E-state index contributed by atoms with van der Waals surface area (Å²) in [6.45, 7) is 1.76. The summed E-state index contributed by atoms with van der Waals surface area (Å²) in [4.78, 5) is 40.2. The van der Waals surface area contributed by atoms with Gasteiger partial charge >= 0.3 is 0 Å². The van der Waals surface area contributed by atoms with Crippen molar-refractivity contribution in [2.45, 2.75) is 44.6 Å².